The monoisotopic (exact) mass is 350 g/mol. The van der Waals surface area contributed by atoms with Crippen molar-refractivity contribution in [3.8, 4) is 0 Å². The van der Waals surface area contributed by atoms with Crippen molar-refractivity contribution in [2.45, 2.75) is 18.0 Å². The first-order chi connectivity index (χ1) is 12.2. The number of hydrogen-bond donors (Lipinski definition) is 0. The van der Waals surface area contributed by atoms with Crippen LogP contribution in [0.5, 0.6) is 0 Å². The van der Waals surface area contributed by atoms with Gasteiger partial charge in [-0.1, -0.05) is 66.7 Å². The lowest BCUT2D eigenvalue weighted by molar-refractivity contribution is -0.385. The maximum atomic E-state index is 11.0. The lowest BCUT2D eigenvalue weighted by Gasteiger charge is -2.21. The van der Waals surface area contributed by atoms with E-state index in [1.807, 2.05) is 42.5 Å². The SMILES string of the molecule is O=[N+]([O-])c1cccc(SN(Cc2ccccc2)Cc2ccccc2)c1. The van der Waals surface area contributed by atoms with Gasteiger partial charge >= 0.3 is 0 Å². The Kier molecular flexibility index (Phi) is 5.82. The van der Waals surface area contributed by atoms with Crippen LogP contribution in [0.4, 0.5) is 5.69 Å². The van der Waals surface area contributed by atoms with Crippen LogP contribution in [0.1, 0.15) is 11.1 Å². The highest BCUT2D eigenvalue weighted by Gasteiger charge is 2.12. The third-order valence-electron chi connectivity index (χ3n) is 3.67. The molecule has 0 aliphatic carbocycles. The Morgan fingerprint density at radius 3 is 1.88 bits per heavy atom. The molecule has 126 valence electrons. The van der Waals surface area contributed by atoms with E-state index in [4.69, 9.17) is 0 Å². The van der Waals surface area contributed by atoms with Crippen LogP contribution in [0.15, 0.2) is 89.8 Å². The van der Waals surface area contributed by atoms with Crippen LogP contribution in [-0.4, -0.2) is 9.23 Å². The summed E-state index contributed by atoms with van der Waals surface area (Å²) in [6.07, 6.45) is 0. The largest absolute Gasteiger partial charge is 0.270 e. The summed E-state index contributed by atoms with van der Waals surface area (Å²) >= 11 is 1.54. The van der Waals surface area contributed by atoms with Crippen LogP contribution in [0.2, 0.25) is 0 Å². The molecule has 0 unspecified atom stereocenters. The summed E-state index contributed by atoms with van der Waals surface area (Å²) in [5.41, 5.74) is 2.53. The van der Waals surface area contributed by atoms with Crippen molar-refractivity contribution in [3.63, 3.8) is 0 Å². The average molecular weight is 350 g/mol. The maximum absolute atomic E-state index is 11.0. The molecular weight excluding hydrogens is 332 g/mol. The predicted molar refractivity (Wildman–Crippen MR) is 101 cm³/mol. The molecule has 3 aromatic carbocycles. The molecule has 0 N–H and O–H groups in total. The molecule has 0 fully saturated rings. The lowest BCUT2D eigenvalue weighted by Crippen LogP contribution is -2.14. The molecular formula is C20H18N2O2S. The Morgan fingerprint density at radius 1 is 0.800 bits per heavy atom. The van der Waals surface area contributed by atoms with Gasteiger partial charge in [0.15, 0.2) is 0 Å². The molecule has 0 atom stereocenters. The highest BCUT2D eigenvalue weighted by molar-refractivity contribution is 7.97. The number of benzene rings is 3. The summed E-state index contributed by atoms with van der Waals surface area (Å²) in [5.74, 6) is 0. The van der Waals surface area contributed by atoms with Crippen molar-refractivity contribution in [3.05, 3.63) is 106 Å². The minimum atomic E-state index is -0.358. The fourth-order valence-corrected chi connectivity index (χ4v) is 3.54. The molecule has 4 nitrogen and oxygen atoms in total. The van der Waals surface area contributed by atoms with E-state index in [1.54, 1.807) is 12.1 Å². The summed E-state index contributed by atoms with van der Waals surface area (Å²) in [7, 11) is 0. The van der Waals surface area contributed by atoms with Gasteiger partial charge in [0.05, 0.1) is 4.92 Å². The van der Waals surface area contributed by atoms with Gasteiger partial charge in [-0.3, -0.25) is 10.1 Å². The molecule has 0 radical (unpaired) electrons. The van der Waals surface area contributed by atoms with Crippen molar-refractivity contribution in [2.75, 3.05) is 0 Å². The van der Waals surface area contributed by atoms with Crippen molar-refractivity contribution in [1.29, 1.82) is 0 Å². The van der Waals surface area contributed by atoms with Crippen molar-refractivity contribution >= 4 is 17.6 Å². The standard InChI is InChI=1S/C20H18N2O2S/c23-22(24)19-12-7-13-20(14-19)25-21(15-17-8-3-1-4-9-17)16-18-10-5-2-6-11-18/h1-14H,15-16H2. The van der Waals surface area contributed by atoms with Crippen LogP contribution in [-0.2, 0) is 13.1 Å². The number of non-ortho nitro benzene ring substituents is 1. The van der Waals surface area contributed by atoms with Crippen molar-refractivity contribution < 1.29 is 4.92 Å². The summed E-state index contributed by atoms with van der Waals surface area (Å²) < 4.78 is 2.21. The van der Waals surface area contributed by atoms with Gasteiger partial charge in [0.1, 0.15) is 0 Å². The molecule has 3 aromatic rings. The van der Waals surface area contributed by atoms with Crippen LogP contribution in [0.3, 0.4) is 0 Å². The van der Waals surface area contributed by atoms with Gasteiger partial charge in [0, 0.05) is 30.1 Å². The Labute approximate surface area is 151 Å². The molecule has 3 rings (SSSR count). The van der Waals surface area contributed by atoms with Gasteiger partial charge in [0.25, 0.3) is 5.69 Å². The van der Waals surface area contributed by atoms with E-state index >= 15 is 0 Å². The third kappa shape index (κ3) is 5.17. The van der Waals surface area contributed by atoms with Gasteiger partial charge in [-0.2, -0.15) is 0 Å². The molecule has 0 saturated carbocycles. The van der Waals surface area contributed by atoms with Crippen LogP contribution < -0.4 is 0 Å². The molecule has 0 saturated heterocycles. The minimum Gasteiger partial charge on any atom is -0.258 e. The first kappa shape index (κ1) is 17.2. The minimum absolute atomic E-state index is 0.115. The second-order valence-corrected chi connectivity index (χ2v) is 6.79. The smallest absolute Gasteiger partial charge is 0.258 e. The molecule has 0 bridgehead atoms. The van der Waals surface area contributed by atoms with Gasteiger partial charge in [0.2, 0.25) is 0 Å². The number of rotatable bonds is 7. The number of nitrogens with zero attached hydrogens (tertiary/aromatic N) is 2. The molecule has 0 aliphatic rings. The van der Waals surface area contributed by atoms with Gasteiger partial charge < -0.3 is 0 Å². The second kappa shape index (κ2) is 8.46. The van der Waals surface area contributed by atoms with E-state index in [9.17, 15) is 10.1 Å². The van der Waals surface area contributed by atoms with Crippen molar-refractivity contribution in [1.82, 2.24) is 4.31 Å². The van der Waals surface area contributed by atoms with E-state index in [0.717, 1.165) is 18.0 Å². The summed E-state index contributed by atoms with van der Waals surface area (Å²) in [4.78, 5) is 11.5. The predicted octanol–water partition coefficient (Wildman–Crippen LogP) is 5.30. The van der Waals surface area contributed by atoms with Gasteiger partial charge in [-0.05, 0) is 29.1 Å². The quantitative estimate of drug-likeness (QED) is 0.329. The number of hydrogen-bond acceptors (Lipinski definition) is 4. The maximum Gasteiger partial charge on any atom is 0.270 e. The second-order valence-electron chi connectivity index (χ2n) is 5.61. The molecule has 0 aromatic heterocycles. The van der Waals surface area contributed by atoms with E-state index in [1.165, 1.54) is 29.1 Å². The van der Waals surface area contributed by atoms with Gasteiger partial charge in [-0.25, -0.2) is 4.31 Å². The summed E-state index contributed by atoms with van der Waals surface area (Å²) in [6, 6.07) is 27.2. The number of nitro groups is 1. The zero-order valence-electron chi connectivity index (χ0n) is 13.6. The van der Waals surface area contributed by atoms with Gasteiger partial charge in [-0.15, -0.1) is 0 Å². The molecule has 0 aliphatic heterocycles. The summed E-state index contributed by atoms with van der Waals surface area (Å²) in [5, 5.41) is 11.0. The zero-order valence-corrected chi connectivity index (χ0v) is 14.4. The molecule has 0 spiro atoms. The normalized spacial score (nSPS) is 10.8. The van der Waals surface area contributed by atoms with E-state index in [0.29, 0.717) is 0 Å². The zero-order chi connectivity index (χ0) is 17.5. The Hall–Kier alpha value is -2.63. The first-order valence-corrected chi connectivity index (χ1v) is 8.73. The van der Waals surface area contributed by atoms with Crippen LogP contribution in [0, 0.1) is 10.1 Å². The Balaban J connectivity index is 1.80. The van der Waals surface area contributed by atoms with Crippen LogP contribution in [0.25, 0.3) is 0 Å². The first-order valence-electron chi connectivity index (χ1n) is 7.96. The Morgan fingerprint density at radius 2 is 1.36 bits per heavy atom. The van der Waals surface area contributed by atoms with Crippen LogP contribution >= 0.6 is 11.9 Å². The van der Waals surface area contributed by atoms with E-state index < -0.39 is 0 Å². The summed E-state index contributed by atoms with van der Waals surface area (Å²) in [6.45, 7) is 1.51. The fourth-order valence-electron chi connectivity index (χ4n) is 2.50. The fraction of sp³-hybridized carbons (Fsp3) is 0.100. The highest BCUT2D eigenvalue weighted by atomic mass is 32.2. The Bertz CT molecular complexity index is 784. The van der Waals surface area contributed by atoms with E-state index in [-0.39, 0.29) is 10.6 Å². The molecule has 25 heavy (non-hydrogen) atoms. The average Bonchev–Trinajstić information content (AvgIpc) is 2.63. The van der Waals surface area contributed by atoms with E-state index in [2.05, 4.69) is 28.6 Å². The van der Waals surface area contributed by atoms with Crippen molar-refractivity contribution in [2.24, 2.45) is 0 Å². The lowest BCUT2D eigenvalue weighted by atomic mass is 10.2. The number of nitro benzene ring substituents is 1. The third-order valence-corrected chi connectivity index (χ3v) is 4.65. The molecule has 5 heteroatoms. The highest BCUT2D eigenvalue weighted by Crippen LogP contribution is 2.29. The molecule has 0 amide bonds. The topological polar surface area (TPSA) is 46.4 Å². The molecule has 0 heterocycles.